The second-order valence-electron chi connectivity index (χ2n) is 4.25. The smallest absolute Gasteiger partial charge is 0.0521 e. The molecule has 0 aliphatic heterocycles. The van der Waals surface area contributed by atoms with Crippen molar-refractivity contribution in [2.45, 2.75) is 12.5 Å². The van der Waals surface area contributed by atoms with E-state index in [0.717, 1.165) is 11.1 Å². The number of hydrazine groups is 1. The first-order chi connectivity index (χ1) is 9.13. The van der Waals surface area contributed by atoms with E-state index >= 15 is 0 Å². The van der Waals surface area contributed by atoms with Crippen molar-refractivity contribution in [3.05, 3.63) is 63.6 Å². The van der Waals surface area contributed by atoms with Gasteiger partial charge >= 0.3 is 0 Å². The molecule has 5 N–H and O–H groups in total. The van der Waals surface area contributed by atoms with Crippen LogP contribution in [0.4, 0.5) is 5.69 Å². The molecule has 0 radical (unpaired) electrons. The zero-order valence-electron chi connectivity index (χ0n) is 10.2. The van der Waals surface area contributed by atoms with Gasteiger partial charge in [-0.15, -0.1) is 0 Å². The summed E-state index contributed by atoms with van der Waals surface area (Å²) in [5, 5.41) is 1.25. The molecule has 2 aromatic rings. The summed E-state index contributed by atoms with van der Waals surface area (Å²) in [6.07, 6.45) is 0.573. The van der Waals surface area contributed by atoms with Crippen LogP contribution in [0.3, 0.4) is 0 Å². The first-order valence-corrected chi connectivity index (χ1v) is 6.62. The number of para-hydroxylation sites is 1. The molecule has 1 atom stereocenters. The largest absolute Gasteiger partial charge is 0.398 e. The number of rotatable bonds is 4. The second kappa shape index (κ2) is 6.26. The highest BCUT2D eigenvalue weighted by molar-refractivity contribution is 6.36. The van der Waals surface area contributed by atoms with Crippen LogP contribution >= 0.6 is 23.2 Å². The molecule has 0 bridgehead atoms. The molecule has 5 heteroatoms. The van der Waals surface area contributed by atoms with Crippen LogP contribution in [0, 0.1) is 0 Å². The van der Waals surface area contributed by atoms with E-state index in [2.05, 4.69) is 5.43 Å². The van der Waals surface area contributed by atoms with Crippen molar-refractivity contribution in [1.82, 2.24) is 5.43 Å². The lowest BCUT2D eigenvalue weighted by atomic mass is 9.98. The molecular formula is C14H15Cl2N3. The third-order valence-corrected chi connectivity index (χ3v) is 3.75. The van der Waals surface area contributed by atoms with Crippen molar-refractivity contribution in [2.75, 3.05) is 5.73 Å². The lowest BCUT2D eigenvalue weighted by Gasteiger charge is -2.19. The van der Waals surface area contributed by atoms with Crippen molar-refractivity contribution in [2.24, 2.45) is 5.84 Å². The van der Waals surface area contributed by atoms with E-state index < -0.39 is 0 Å². The van der Waals surface area contributed by atoms with E-state index in [1.54, 1.807) is 0 Å². The molecule has 3 nitrogen and oxygen atoms in total. The SMILES string of the molecule is NNC(Cc1c(Cl)cccc1Cl)c1ccccc1N. The van der Waals surface area contributed by atoms with Crippen LogP contribution in [0.15, 0.2) is 42.5 Å². The maximum atomic E-state index is 6.17. The highest BCUT2D eigenvalue weighted by Crippen LogP contribution is 2.30. The van der Waals surface area contributed by atoms with Gasteiger partial charge in [-0.1, -0.05) is 47.5 Å². The van der Waals surface area contributed by atoms with Crippen LogP contribution in [0.5, 0.6) is 0 Å². The van der Waals surface area contributed by atoms with Gasteiger partial charge in [-0.05, 0) is 35.7 Å². The molecule has 0 aromatic heterocycles. The van der Waals surface area contributed by atoms with Gasteiger partial charge in [0.1, 0.15) is 0 Å². The molecule has 0 saturated heterocycles. The molecule has 1 unspecified atom stereocenters. The summed E-state index contributed by atoms with van der Waals surface area (Å²) in [7, 11) is 0. The fourth-order valence-corrected chi connectivity index (χ4v) is 2.57. The fourth-order valence-electron chi connectivity index (χ4n) is 2.02. The summed E-state index contributed by atoms with van der Waals surface area (Å²) in [4.78, 5) is 0. The van der Waals surface area contributed by atoms with Crippen molar-refractivity contribution in [3.8, 4) is 0 Å². The number of halogens is 2. The first-order valence-electron chi connectivity index (χ1n) is 5.87. The third kappa shape index (κ3) is 3.19. The van der Waals surface area contributed by atoms with Gasteiger partial charge in [0.2, 0.25) is 0 Å². The number of hydrogen-bond donors (Lipinski definition) is 3. The van der Waals surface area contributed by atoms with Gasteiger partial charge in [0.15, 0.2) is 0 Å². The number of nitrogen functional groups attached to an aromatic ring is 1. The van der Waals surface area contributed by atoms with Gasteiger partial charge in [0, 0.05) is 15.7 Å². The van der Waals surface area contributed by atoms with E-state index in [1.807, 2.05) is 42.5 Å². The van der Waals surface area contributed by atoms with Gasteiger partial charge in [-0.25, -0.2) is 0 Å². The first kappa shape index (κ1) is 14.2. The predicted octanol–water partition coefficient (Wildman–Crippen LogP) is 3.32. The molecule has 100 valence electrons. The lowest BCUT2D eigenvalue weighted by molar-refractivity contribution is 0.553. The molecular weight excluding hydrogens is 281 g/mol. The van der Waals surface area contributed by atoms with Crippen LogP contribution in [-0.2, 0) is 6.42 Å². The summed E-state index contributed by atoms with van der Waals surface area (Å²) < 4.78 is 0. The van der Waals surface area contributed by atoms with Crippen LogP contribution in [0.2, 0.25) is 10.0 Å². The normalized spacial score (nSPS) is 12.4. The Labute approximate surface area is 122 Å². The Kier molecular flexibility index (Phi) is 4.66. The number of anilines is 1. The van der Waals surface area contributed by atoms with Crippen molar-refractivity contribution >= 4 is 28.9 Å². The Bertz CT molecular complexity index is 552. The van der Waals surface area contributed by atoms with E-state index in [-0.39, 0.29) is 6.04 Å². The molecule has 0 amide bonds. The highest BCUT2D eigenvalue weighted by Gasteiger charge is 2.16. The minimum atomic E-state index is -0.140. The van der Waals surface area contributed by atoms with E-state index in [9.17, 15) is 0 Å². The summed E-state index contributed by atoms with van der Waals surface area (Å²) in [5.41, 5.74) is 11.2. The summed E-state index contributed by atoms with van der Waals surface area (Å²) in [6, 6.07) is 12.9. The number of hydrogen-bond acceptors (Lipinski definition) is 3. The van der Waals surface area contributed by atoms with Crippen LogP contribution < -0.4 is 17.0 Å². The minimum absolute atomic E-state index is 0.140. The Balaban J connectivity index is 2.32. The monoisotopic (exact) mass is 295 g/mol. The molecule has 0 aliphatic rings. The average Bonchev–Trinajstić information content (AvgIpc) is 2.40. The molecule has 0 saturated carbocycles. The standard InChI is InChI=1S/C14H15Cl2N3/c15-11-5-3-6-12(16)10(11)8-14(19-18)9-4-1-2-7-13(9)17/h1-7,14,19H,8,17-18H2. The molecule has 0 fully saturated rings. The van der Waals surface area contributed by atoms with E-state index in [4.69, 9.17) is 34.8 Å². The third-order valence-electron chi connectivity index (χ3n) is 3.04. The maximum Gasteiger partial charge on any atom is 0.0521 e. The van der Waals surface area contributed by atoms with Crippen molar-refractivity contribution in [1.29, 1.82) is 0 Å². The Morgan fingerprint density at radius 3 is 2.21 bits per heavy atom. The quantitative estimate of drug-likeness (QED) is 0.461. The molecule has 0 spiro atoms. The van der Waals surface area contributed by atoms with Crippen LogP contribution in [0.25, 0.3) is 0 Å². The minimum Gasteiger partial charge on any atom is -0.398 e. The molecule has 0 heterocycles. The molecule has 19 heavy (non-hydrogen) atoms. The van der Waals surface area contributed by atoms with E-state index in [1.165, 1.54) is 0 Å². The van der Waals surface area contributed by atoms with Crippen molar-refractivity contribution in [3.63, 3.8) is 0 Å². The molecule has 0 aliphatic carbocycles. The lowest BCUT2D eigenvalue weighted by Crippen LogP contribution is -2.30. The van der Waals surface area contributed by atoms with Gasteiger partial charge in [-0.2, -0.15) is 0 Å². The van der Waals surface area contributed by atoms with Crippen LogP contribution in [-0.4, -0.2) is 0 Å². The van der Waals surface area contributed by atoms with E-state index in [0.29, 0.717) is 22.2 Å². The Morgan fingerprint density at radius 2 is 1.63 bits per heavy atom. The van der Waals surface area contributed by atoms with Gasteiger partial charge in [0.05, 0.1) is 6.04 Å². The maximum absolute atomic E-state index is 6.17. The predicted molar refractivity (Wildman–Crippen MR) is 81.1 cm³/mol. The number of nitrogens with two attached hydrogens (primary N) is 2. The van der Waals surface area contributed by atoms with Gasteiger partial charge < -0.3 is 5.73 Å². The topological polar surface area (TPSA) is 64.1 Å². The van der Waals surface area contributed by atoms with Gasteiger partial charge in [-0.3, -0.25) is 11.3 Å². The number of nitrogens with one attached hydrogen (secondary N) is 1. The summed E-state index contributed by atoms with van der Waals surface area (Å²) in [6.45, 7) is 0. The average molecular weight is 296 g/mol. The fraction of sp³-hybridized carbons (Fsp3) is 0.143. The second-order valence-corrected chi connectivity index (χ2v) is 5.07. The summed E-state index contributed by atoms with van der Waals surface area (Å²) in [5.74, 6) is 5.63. The van der Waals surface area contributed by atoms with Crippen molar-refractivity contribution < 1.29 is 0 Å². The zero-order valence-corrected chi connectivity index (χ0v) is 11.7. The van der Waals surface area contributed by atoms with Crippen LogP contribution in [0.1, 0.15) is 17.2 Å². The zero-order chi connectivity index (χ0) is 13.8. The van der Waals surface area contributed by atoms with Gasteiger partial charge in [0.25, 0.3) is 0 Å². The molecule has 2 aromatic carbocycles. The Morgan fingerprint density at radius 1 is 1.00 bits per heavy atom. The molecule has 2 rings (SSSR count). The Hall–Kier alpha value is -1.26. The summed E-state index contributed by atoms with van der Waals surface area (Å²) >= 11 is 12.3. The number of benzene rings is 2. The highest BCUT2D eigenvalue weighted by atomic mass is 35.5.